The fraction of sp³-hybridized carbons (Fsp3) is 0.405. The lowest BCUT2D eigenvalue weighted by Gasteiger charge is -2.34. The Morgan fingerprint density at radius 3 is 1.86 bits per heavy atom. The van der Waals surface area contributed by atoms with Gasteiger partial charge in [-0.3, -0.25) is 28.9 Å². The summed E-state index contributed by atoms with van der Waals surface area (Å²) in [7, 11) is 1.23. The van der Waals surface area contributed by atoms with Gasteiger partial charge >= 0.3 is 5.97 Å². The third kappa shape index (κ3) is 6.34. The molecule has 0 spiro atoms. The van der Waals surface area contributed by atoms with Crippen LogP contribution in [0, 0.1) is 0 Å². The highest BCUT2D eigenvalue weighted by molar-refractivity contribution is 6.40. The number of hydrogen-bond acceptors (Lipinski definition) is 9. The highest BCUT2D eigenvalue weighted by atomic mass is 16.5. The second-order valence-corrected chi connectivity index (χ2v) is 13.0. The molecule has 2 aliphatic heterocycles. The normalized spacial score (nSPS) is 14.7. The number of benzene rings is 3. The van der Waals surface area contributed by atoms with Gasteiger partial charge in [-0.15, -0.1) is 0 Å². The van der Waals surface area contributed by atoms with Crippen LogP contribution in [0.2, 0.25) is 0 Å². The summed E-state index contributed by atoms with van der Waals surface area (Å²) in [6.45, 7) is 11.3. The smallest absolute Gasteiger partial charge is 0.328 e. The molecule has 0 unspecified atom stereocenters. The number of imide groups is 2. The number of esters is 1. The van der Waals surface area contributed by atoms with Crippen LogP contribution in [0.15, 0.2) is 36.4 Å². The molecule has 1 atom stereocenters. The maximum Gasteiger partial charge on any atom is 0.328 e. The minimum atomic E-state index is -0.864. The number of nitrogens with one attached hydrogen (secondary N) is 1. The Morgan fingerprint density at radius 1 is 0.796 bits per heavy atom. The predicted octanol–water partition coefficient (Wildman–Crippen LogP) is 5.18. The first-order chi connectivity index (χ1) is 23.2. The lowest BCUT2D eigenvalue weighted by Crippen LogP contribution is -2.44. The van der Waals surface area contributed by atoms with Gasteiger partial charge in [0, 0.05) is 24.2 Å². The van der Waals surface area contributed by atoms with Gasteiger partial charge in [-0.25, -0.2) is 9.69 Å². The van der Waals surface area contributed by atoms with Crippen LogP contribution in [0.4, 0.5) is 5.69 Å². The fourth-order valence-corrected chi connectivity index (χ4v) is 6.39. The van der Waals surface area contributed by atoms with Gasteiger partial charge in [0.15, 0.2) is 0 Å². The standard InChI is InChI=1S/C37H41N3O9/c1-8-48-26-19-24-29-28-23(32(42)39(34(44)30(26)28)17-11-10-12-25(36(46)47-7)38-20(3)41)18-27(49-9-2)31(29)35(45)40(33(24)43)22-15-13-21(14-16-22)37(4,5)6/h13-16,18-19,25H,8-12,17H2,1-7H3,(H,38,41)/t25-/m0/s1. The van der Waals surface area contributed by atoms with Crippen molar-refractivity contribution >= 4 is 52.0 Å². The van der Waals surface area contributed by atoms with E-state index in [2.05, 4.69) is 26.1 Å². The highest BCUT2D eigenvalue weighted by Gasteiger charge is 2.44. The average molecular weight is 672 g/mol. The molecular formula is C37H41N3O9. The number of anilines is 1. The molecule has 5 rings (SSSR count). The first-order valence-electron chi connectivity index (χ1n) is 16.4. The summed E-state index contributed by atoms with van der Waals surface area (Å²) in [6.07, 6.45) is 0.941. The molecule has 0 fully saturated rings. The van der Waals surface area contributed by atoms with Gasteiger partial charge in [-0.2, -0.15) is 0 Å². The summed E-state index contributed by atoms with van der Waals surface area (Å²) in [4.78, 5) is 82.6. The second-order valence-electron chi connectivity index (χ2n) is 13.0. The number of unbranched alkanes of at least 4 members (excludes halogenated alkanes) is 1. The SMILES string of the molecule is CCOc1cc2c3c(c(OCC)cc4c3c1C(=O)N(CCCC[C@H](NC(C)=O)C(=O)OC)C4=O)C(=O)N(c1ccc(C(C)(C)C)cc1)C2=O. The Labute approximate surface area is 284 Å². The molecule has 0 aromatic heterocycles. The van der Waals surface area contributed by atoms with E-state index in [1.807, 2.05) is 12.1 Å². The number of hydrogen-bond donors (Lipinski definition) is 1. The average Bonchev–Trinajstić information content (AvgIpc) is 3.05. The molecule has 0 saturated heterocycles. The van der Waals surface area contributed by atoms with Crippen molar-refractivity contribution < 1.29 is 43.0 Å². The summed E-state index contributed by atoms with van der Waals surface area (Å²) in [5.74, 6) is -3.24. The van der Waals surface area contributed by atoms with E-state index in [1.54, 1.807) is 26.0 Å². The van der Waals surface area contributed by atoms with Gasteiger partial charge in [0.2, 0.25) is 5.91 Å². The first kappa shape index (κ1) is 35.1. The van der Waals surface area contributed by atoms with Crippen molar-refractivity contribution in [1.82, 2.24) is 10.2 Å². The van der Waals surface area contributed by atoms with Crippen LogP contribution < -0.4 is 19.7 Å². The van der Waals surface area contributed by atoms with Crippen LogP contribution in [0.3, 0.4) is 0 Å². The molecule has 3 aromatic rings. The molecule has 2 aliphatic rings. The number of methoxy groups -OCH3 is 1. The van der Waals surface area contributed by atoms with Crippen LogP contribution in [0.5, 0.6) is 11.5 Å². The molecule has 0 aliphatic carbocycles. The fourth-order valence-electron chi connectivity index (χ4n) is 6.39. The van der Waals surface area contributed by atoms with Gasteiger partial charge in [-0.05, 0) is 68.4 Å². The number of ether oxygens (including phenoxy) is 3. The molecule has 49 heavy (non-hydrogen) atoms. The van der Waals surface area contributed by atoms with Crippen molar-refractivity contribution in [3.63, 3.8) is 0 Å². The van der Waals surface area contributed by atoms with Crippen molar-refractivity contribution in [2.75, 3.05) is 31.8 Å². The van der Waals surface area contributed by atoms with Crippen molar-refractivity contribution in [1.29, 1.82) is 0 Å². The zero-order valence-electron chi connectivity index (χ0n) is 28.9. The summed E-state index contributed by atoms with van der Waals surface area (Å²) in [6, 6.07) is 9.27. The van der Waals surface area contributed by atoms with E-state index in [0.717, 1.165) is 15.4 Å². The van der Waals surface area contributed by atoms with Gasteiger partial charge in [0.1, 0.15) is 17.5 Å². The summed E-state index contributed by atoms with van der Waals surface area (Å²) >= 11 is 0. The van der Waals surface area contributed by atoms with Crippen molar-refractivity contribution in [3.8, 4) is 11.5 Å². The van der Waals surface area contributed by atoms with Crippen molar-refractivity contribution in [3.05, 3.63) is 64.2 Å². The molecule has 0 saturated carbocycles. The van der Waals surface area contributed by atoms with E-state index < -0.39 is 35.6 Å². The van der Waals surface area contributed by atoms with E-state index in [9.17, 15) is 28.8 Å². The second kappa shape index (κ2) is 13.7. The molecule has 0 bridgehead atoms. The van der Waals surface area contributed by atoms with E-state index in [0.29, 0.717) is 18.5 Å². The molecule has 12 nitrogen and oxygen atoms in total. The Balaban J connectivity index is 1.58. The first-order valence-corrected chi connectivity index (χ1v) is 16.4. The number of carbonyl (C=O) groups is 6. The molecule has 12 heteroatoms. The van der Waals surface area contributed by atoms with Crippen LogP contribution in [-0.4, -0.2) is 73.3 Å². The van der Waals surface area contributed by atoms with E-state index in [-0.39, 0.29) is 82.0 Å². The Morgan fingerprint density at radius 2 is 1.35 bits per heavy atom. The minimum absolute atomic E-state index is 0.00179. The molecule has 258 valence electrons. The number of amides is 5. The topological polar surface area (TPSA) is 149 Å². The summed E-state index contributed by atoms with van der Waals surface area (Å²) in [5.41, 5.74) is 1.63. The third-order valence-corrected chi connectivity index (χ3v) is 8.70. The van der Waals surface area contributed by atoms with Gasteiger partial charge in [-0.1, -0.05) is 32.9 Å². The zero-order valence-corrected chi connectivity index (χ0v) is 28.9. The Hall–Kier alpha value is -5.26. The number of nitrogens with zero attached hydrogens (tertiary/aromatic N) is 2. The molecule has 5 amide bonds. The lowest BCUT2D eigenvalue weighted by molar-refractivity contribution is -0.145. The maximum absolute atomic E-state index is 14.3. The van der Waals surface area contributed by atoms with Gasteiger partial charge < -0.3 is 19.5 Å². The van der Waals surface area contributed by atoms with Gasteiger partial charge in [0.05, 0.1) is 48.3 Å². The largest absolute Gasteiger partial charge is 0.493 e. The van der Waals surface area contributed by atoms with E-state index >= 15 is 0 Å². The van der Waals surface area contributed by atoms with Crippen LogP contribution in [0.25, 0.3) is 10.8 Å². The van der Waals surface area contributed by atoms with Crippen molar-refractivity contribution in [2.24, 2.45) is 0 Å². The molecule has 1 N–H and O–H groups in total. The van der Waals surface area contributed by atoms with Gasteiger partial charge in [0.25, 0.3) is 23.6 Å². The predicted molar refractivity (Wildman–Crippen MR) is 181 cm³/mol. The summed E-state index contributed by atoms with van der Waals surface area (Å²) in [5, 5.41) is 2.90. The monoisotopic (exact) mass is 671 g/mol. The van der Waals surface area contributed by atoms with E-state index in [1.165, 1.54) is 26.2 Å². The Bertz CT molecular complexity index is 1870. The minimum Gasteiger partial charge on any atom is -0.493 e. The zero-order chi connectivity index (χ0) is 35.8. The third-order valence-electron chi connectivity index (χ3n) is 8.70. The van der Waals surface area contributed by atoms with Crippen molar-refractivity contribution in [2.45, 2.75) is 72.3 Å². The number of rotatable bonds is 12. The molecular weight excluding hydrogens is 630 g/mol. The summed E-state index contributed by atoms with van der Waals surface area (Å²) < 4.78 is 16.6. The van der Waals surface area contributed by atoms with Crippen LogP contribution >= 0.6 is 0 Å². The maximum atomic E-state index is 14.3. The molecule has 3 aromatic carbocycles. The Kier molecular flexibility index (Phi) is 9.80. The quantitative estimate of drug-likeness (QED) is 0.156. The lowest BCUT2D eigenvalue weighted by atomic mass is 9.84. The molecule has 0 radical (unpaired) electrons. The number of carbonyl (C=O) groups excluding carboxylic acids is 6. The van der Waals surface area contributed by atoms with Crippen LogP contribution in [-0.2, 0) is 19.7 Å². The van der Waals surface area contributed by atoms with Crippen LogP contribution in [0.1, 0.15) is 108 Å². The highest BCUT2D eigenvalue weighted by Crippen LogP contribution is 2.46. The van der Waals surface area contributed by atoms with E-state index in [4.69, 9.17) is 14.2 Å². The molecule has 2 heterocycles.